The summed E-state index contributed by atoms with van der Waals surface area (Å²) in [5, 5.41) is 13.5. The molecule has 30 heavy (non-hydrogen) atoms. The number of anilines is 1. The Bertz CT molecular complexity index is 1250. The zero-order valence-corrected chi connectivity index (χ0v) is 16.7. The minimum atomic E-state index is -0.216. The van der Waals surface area contributed by atoms with Crippen LogP contribution in [0.1, 0.15) is 12.1 Å². The molecule has 0 saturated heterocycles. The van der Waals surface area contributed by atoms with Crippen molar-refractivity contribution < 1.29 is 4.52 Å². The maximum absolute atomic E-state index is 11.6. The lowest BCUT2D eigenvalue weighted by molar-refractivity contribution is 0.423. The molecule has 0 radical (unpaired) electrons. The van der Waals surface area contributed by atoms with Gasteiger partial charge in [0.05, 0.1) is 12.0 Å². The van der Waals surface area contributed by atoms with Crippen LogP contribution in [0.2, 0.25) is 5.02 Å². The molecule has 4 aromatic rings. The van der Waals surface area contributed by atoms with E-state index in [2.05, 4.69) is 30.2 Å². The molecule has 0 atom stereocenters. The quantitative estimate of drug-likeness (QED) is 0.526. The van der Waals surface area contributed by atoms with E-state index in [4.69, 9.17) is 16.1 Å². The topological polar surface area (TPSA) is 106 Å². The molecule has 9 nitrogen and oxygen atoms in total. The molecule has 0 fully saturated rings. The van der Waals surface area contributed by atoms with Gasteiger partial charge in [-0.3, -0.25) is 9.36 Å². The molecule has 10 heteroatoms. The predicted octanol–water partition coefficient (Wildman–Crippen LogP) is 2.79. The summed E-state index contributed by atoms with van der Waals surface area (Å²) in [6.45, 7) is 2.38. The SMILES string of the molecule is O=c1cc(-c2nnc3n2CCCN3CCc2cc(-c3cccc(Cl)c3)on2)nc[nH]1. The normalized spacial score (nSPS) is 13.4. The third-order valence-corrected chi connectivity index (χ3v) is 5.27. The van der Waals surface area contributed by atoms with Crippen molar-refractivity contribution >= 4 is 17.5 Å². The second-order valence-electron chi connectivity index (χ2n) is 7.06. The Hall–Kier alpha value is -3.46. The zero-order valence-electron chi connectivity index (χ0n) is 16.0. The van der Waals surface area contributed by atoms with E-state index in [1.807, 2.05) is 34.9 Å². The number of hydrogen-bond acceptors (Lipinski definition) is 7. The average Bonchev–Trinajstić information content (AvgIpc) is 3.40. The zero-order chi connectivity index (χ0) is 20.5. The highest BCUT2D eigenvalue weighted by molar-refractivity contribution is 6.30. The number of hydrogen-bond donors (Lipinski definition) is 1. The maximum Gasteiger partial charge on any atom is 0.251 e. The fourth-order valence-electron chi connectivity index (χ4n) is 3.60. The Labute approximate surface area is 176 Å². The van der Waals surface area contributed by atoms with E-state index >= 15 is 0 Å². The fraction of sp³-hybridized carbons (Fsp3) is 0.250. The molecule has 5 rings (SSSR count). The minimum absolute atomic E-state index is 0.216. The molecule has 1 N–H and O–H groups in total. The lowest BCUT2D eigenvalue weighted by atomic mass is 10.1. The van der Waals surface area contributed by atoms with Crippen molar-refractivity contribution in [1.82, 2.24) is 29.9 Å². The molecule has 1 aliphatic heterocycles. The van der Waals surface area contributed by atoms with Crippen molar-refractivity contribution in [3.05, 3.63) is 63.8 Å². The molecule has 0 unspecified atom stereocenters. The summed E-state index contributed by atoms with van der Waals surface area (Å²) in [5.41, 5.74) is 2.06. The Morgan fingerprint density at radius 1 is 1.17 bits per heavy atom. The summed E-state index contributed by atoms with van der Waals surface area (Å²) in [5.74, 6) is 2.07. The van der Waals surface area contributed by atoms with Crippen LogP contribution in [0.5, 0.6) is 0 Å². The van der Waals surface area contributed by atoms with E-state index in [0.717, 1.165) is 43.3 Å². The standard InChI is InChI=1S/C20H18ClN7O2/c21-14-4-1-3-13(9-14)17-10-15(26-30-17)5-8-27-6-2-7-28-19(24-25-20(27)28)16-11-18(29)23-12-22-16/h1,3-4,9-12H,2,5-8H2,(H,22,23,29). The third kappa shape index (κ3) is 3.59. The van der Waals surface area contributed by atoms with Gasteiger partial charge < -0.3 is 14.4 Å². The number of H-pyrrole nitrogens is 1. The molecular formula is C20H18ClN7O2. The molecule has 152 valence electrons. The predicted molar refractivity (Wildman–Crippen MR) is 111 cm³/mol. The summed E-state index contributed by atoms with van der Waals surface area (Å²) in [6, 6.07) is 10.9. The first-order valence-electron chi connectivity index (χ1n) is 9.62. The van der Waals surface area contributed by atoms with E-state index in [-0.39, 0.29) is 5.56 Å². The van der Waals surface area contributed by atoms with Crippen LogP contribution in [0, 0.1) is 0 Å². The van der Waals surface area contributed by atoms with Crippen molar-refractivity contribution in [1.29, 1.82) is 0 Å². The Balaban J connectivity index is 1.33. The lowest BCUT2D eigenvalue weighted by Gasteiger charge is -2.28. The van der Waals surface area contributed by atoms with Gasteiger partial charge in [-0.2, -0.15) is 0 Å². The number of fused-ring (bicyclic) bond motifs is 1. The van der Waals surface area contributed by atoms with Gasteiger partial charge in [0.25, 0.3) is 5.56 Å². The molecule has 0 saturated carbocycles. The van der Waals surface area contributed by atoms with Gasteiger partial charge in [0.2, 0.25) is 5.95 Å². The largest absolute Gasteiger partial charge is 0.356 e. The first-order chi connectivity index (χ1) is 14.7. The van der Waals surface area contributed by atoms with Crippen LogP contribution < -0.4 is 10.5 Å². The number of nitrogens with zero attached hydrogens (tertiary/aromatic N) is 6. The van der Waals surface area contributed by atoms with E-state index in [9.17, 15) is 4.79 Å². The number of aromatic amines is 1. The minimum Gasteiger partial charge on any atom is -0.356 e. The summed E-state index contributed by atoms with van der Waals surface area (Å²) >= 11 is 6.06. The average molecular weight is 424 g/mol. The highest BCUT2D eigenvalue weighted by Gasteiger charge is 2.24. The fourth-order valence-corrected chi connectivity index (χ4v) is 3.79. The molecule has 0 spiro atoms. The number of aromatic nitrogens is 6. The molecule has 1 aromatic carbocycles. The number of benzene rings is 1. The first kappa shape index (κ1) is 18.6. The summed E-state index contributed by atoms with van der Waals surface area (Å²) in [4.78, 5) is 20.5. The van der Waals surface area contributed by atoms with Gasteiger partial charge in [-0.25, -0.2) is 4.98 Å². The number of rotatable bonds is 5. The molecule has 3 aromatic heterocycles. The Morgan fingerprint density at radius 2 is 2.10 bits per heavy atom. The summed E-state index contributed by atoms with van der Waals surface area (Å²) in [7, 11) is 0. The van der Waals surface area contributed by atoms with Crippen LogP contribution in [-0.4, -0.2) is 43.0 Å². The van der Waals surface area contributed by atoms with Crippen LogP contribution in [0.3, 0.4) is 0 Å². The Kier molecular flexibility index (Phi) is 4.80. The van der Waals surface area contributed by atoms with Gasteiger partial charge in [-0.05, 0) is 18.6 Å². The van der Waals surface area contributed by atoms with Crippen molar-refractivity contribution in [3.63, 3.8) is 0 Å². The van der Waals surface area contributed by atoms with Crippen LogP contribution in [0.15, 0.2) is 52.0 Å². The van der Waals surface area contributed by atoms with E-state index in [0.29, 0.717) is 28.7 Å². The third-order valence-electron chi connectivity index (χ3n) is 5.04. The molecule has 4 heterocycles. The monoisotopic (exact) mass is 423 g/mol. The van der Waals surface area contributed by atoms with Gasteiger partial charge in [-0.15, -0.1) is 10.2 Å². The van der Waals surface area contributed by atoms with Crippen molar-refractivity contribution in [2.75, 3.05) is 18.0 Å². The number of halogens is 1. The highest BCUT2D eigenvalue weighted by Crippen LogP contribution is 2.26. The van der Waals surface area contributed by atoms with E-state index in [1.54, 1.807) is 0 Å². The van der Waals surface area contributed by atoms with E-state index < -0.39 is 0 Å². The maximum atomic E-state index is 11.6. The van der Waals surface area contributed by atoms with Crippen LogP contribution >= 0.6 is 11.6 Å². The summed E-state index contributed by atoms with van der Waals surface area (Å²) in [6.07, 6.45) is 3.03. The van der Waals surface area contributed by atoms with Crippen LogP contribution in [0.25, 0.3) is 22.8 Å². The molecule has 1 aliphatic rings. The lowest BCUT2D eigenvalue weighted by Crippen LogP contribution is -2.34. The molecule has 0 aliphatic carbocycles. The molecule has 0 bridgehead atoms. The van der Waals surface area contributed by atoms with Gasteiger partial charge in [-0.1, -0.05) is 28.9 Å². The smallest absolute Gasteiger partial charge is 0.251 e. The second kappa shape index (κ2) is 7.75. The van der Waals surface area contributed by atoms with Crippen molar-refractivity contribution in [2.45, 2.75) is 19.4 Å². The number of nitrogens with one attached hydrogen (secondary N) is 1. The molecule has 0 amide bonds. The second-order valence-corrected chi connectivity index (χ2v) is 7.49. The van der Waals surface area contributed by atoms with Gasteiger partial charge in [0.1, 0.15) is 5.69 Å². The van der Waals surface area contributed by atoms with Gasteiger partial charge in [0, 0.05) is 48.8 Å². The highest BCUT2D eigenvalue weighted by atomic mass is 35.5. The van der Waals surface area contributed by atoms with Crippen molar-refractivity contribution in [3.8, 4) is 22.8 Å². The van der Waals surface area contributed by atoms with Crippen molar-refractivity contribution in [2.24, 2.45) is 0 Å². The Morgan fingerprint density at radius 3 is 2.97 bits per heavy atom. The van der Waals surface area contributed by atoms with Gasteiger partial charge in [0.15, 0.2) is 11.6 Å². The molecular weight excluding hydrogens is 406 g/mol. The first-order valence-corrected chi connectivity index (χ1v) is 10.00. The van der Waals surface area contributed by atoms with Gasteiger partial charge >= 0.3 is 0 Å². The summed E-state index contributed by atoms with van der Waals surface area (Å²) < 4.78 is 7.49. The van der Waals surface area contributed by atoms with Crippen LogP contribution in [0.4, 0.5) is 5.95 Å². The van der Waals surface area contributed by atoms with Crippen LogP contribution in [-0.2, 0) is 13.0 Å². The van der Waals surface area contributed by atoms with E-state index in [1.165, 1.54) is 12.4 Å².